The van der Waals surface area contributed by atoms with Crippen LogP contribution in [0.5, 0.6) is 0 Å². The number of pyridine rings is 1. The topological polar surface area (TPSA) is 104 Å². The first-order valence-electron chi connectivity index (χ1n) is 10.2. The number of aliphatic carboxylic acids is 1. The third-order valence-electron chi connectivity index (χ3n) is 6.56. The van der Waals surface area contributed by atoms with Gasteiger partial charge in [-0.2, -0.15) is 4.39 Å². The average Bonchev–Trinajstić information content (AvgIpc) is 3.18. The number of rotatable bonds is 5. The molecule has 10 heteroatoms. The number of nitrogens with zero attached hydrogens (tertiary/aromatic N) is 3. The molecule has 0 spiro atoms. The van der Waals surface area contributed by atoms with Crippen molar-refractivity contribution in [2.45, 2.75) is 36.8 Å². The lowest BCUT2D eigenvalue weighted by molar-refractivity contribution is -0.148. The second-order valence-corrected chi connectivity index (χ2v) is 8.98. The van der Waals surface area contributed by atoms with Gasteiger partial charge in [-0.3, -0.25) is 4.79 Å². The molecule has 2 bridgehead atoms. The number of carboxylic acids is 1. The van der Waals surface area contributed by atoms with Crippen molar-refractivity contribution in [2.24, 2.45) is 17.8 Å². The van der Waals surface area contributed by atoms with Gasteiger partial charge in [0.1, 0.15) is 16.5 Å². The number of halogens is 2. The molecule has 162 valence electrons. The molecule has 3 fully saturated rings. The first-order chi connectivity index (χ1) is 15.0. The number of carbonyl (C=O) groups is 1. The van der Waals surface area contributed by atoms with Gasteiger partial charge in [-0.25, -0.2) is 19.3 Å². The molecule has 3 aromatic heterocycles. The van der Waals surface area contributed by atoms with Crippen molar-refractivity contribution in [1.82, 2.24) is 19.9 Å². The van der Waals surface area contributed by atoms with Gasteiger partial charge in [-0.15, -0.1) is 11.8 Å². The molecule has 3 saturated carbocycles. The fraction of sp³-hybridized carbons (Fsp3) is 0.429. The van der Waals surface area contributed by atoms with Crippen LogP contribution in [0.2, 0.25) is 0 Å². The van der Waals surface area contributed by atoms with E-state index in [1.165, 1.54) is 6.07 Å². The van der Waals surface area contributed by atoms with Crippen molar-refractivity contribution in [3.05, 3.63) is 30.1 Å². The second kappa shape index (κ2) is 7.74. The van der Waals surface area contributed by atoms with Gasteiger partial charge < -0.3 is 15.4 Å². The number of fused-ring (bicyclic) bond motifs is 4. The van der Waals surface area contributed by atoms with Gasteiger partial charge in [0.05, 0.1) is 12.1 Å². The molecule has 2 atom stereocenters. The van der Waals surface area contributed by atoms with Crippen molar-refractivity contribution in [3.8, 4) is 11.4 Å². The molecule has 3 heterocycles. The summed E-state index contributed by atoms with van der Waals surface area (Å²) in [7, 11) is 0. The van der Waals surface area contributed by atoms with Crippen LogP contribution in [0.4, 0.5) is 14.6 Å². The van der Waals surface area contributed by atoms with Crippen LogP contribution < -0.4 is 5.32 Å². The summed E-state index contributed by atoms with van der Waals surface area (Å²) >= 11 is 1.13. The maximum atomic E-state index is 15.2. The zero-order valence-corrected chi connectivity index (χ0v) is 17.5. The lowest BCUT2D eigenvalue weighted by Crippen LogP contribution is -2.51. The monoisotopic (exact) mass is 445 g/mol. The molecule has 0 radical (unpaired) electrons. The largest absolute Gasteiger partial charge is 0.481 e. The zero-order valence-electron chi connectivity index (χ0n) is 16.7. The first kappa shape index (κ1) is 20.2. The van der Waals surface area contributed by atoms with Gasteiger partial charge in [0.25, 0.3) is 0 Å². The number of aromatic nitrogens is 4. The molecule has 2 unspecified atom stereocenters. The van der Waals surface area contributed by atoms with E-state index in [-0.39, 0.29) is 34.5 Å². The predicted molar refractivity (Wildman–Crippen MR) is 113 cm³/mol. The Morgan fingerprint density at radius 3 is 2.68 bits per heavy atom. The van der Waals surface area contributed by atoms with Crippen molar-refractivity contribution >= 4 is 34.6 Å². The van der Waals surface area contributed by atoms with E-state index in [9.17, 15) is 14.3 Å². The number of hydrogen-bond acceptors (Lipinski definition) is 6. The van der Waals surface area contributed by atoms with E-state index >= 15 is 4.39 Å². The minimum absolute atomic E-state index is 0.0168. The van der Waals surface area contributed by atoms with Crippen LogP contribution in [0.1, 0.15) is 25.7 Å². The fourth-order valence-electron chi connectivity index (χ4n) is 5.11. The Morgan fingerprint density at radius 2 is 1.97 bits per heavy atom. The van der Waals surface area contributed by atoms with Crippen LogP contribution in [-0.4, -0.2) is 43.3 Å². The third kappa shape index (κ3) is 3.42. The summed E-state index contributed by atoms with van der Waals surface area (Å²) in [5.74, 6) is -2.08. The van der Waals surface area contributed by atoms with Crippen LogP contribution in [0.15, 0.2) is 23.5 Å². The highest BCUT2D eigenvalue weighted by molar-refractivity contribution is 7.98. The minimum atomic E-state index is -0.857. The zero-order chi connectivity index (χ0) is 21.7. The van der Waals surface area contributed by atoms with Crippen LogP contribution >= 0.6 is 11.8 Å². The van der Waals surface area contributed by atoms with E-state index in [0.29, 0.717) is 16.6 Å². The molecular weight excluding hydrogens is 424 g/mol. The van der Waals surface area contributed by atoms with Gasteiger partial charge in [0, 0.05) is 23.2 Å². The van der Waals surface area contributed by atoms with Crippen LogP contribution in [0, 0.1) is 29.4 Å². The Morgan fingerprint density at radius 1 is 1.23 bits per heavy atom. The maximum Gasteiger partial charge on any atom is 0.308 e. The molecule has 0 amide bonds. The van der Waals surface area contributed by atoms with Crippen molar-refractivity contribution in [3.63, 3.8) is 0 Å². The Kier molecular flexibility index (Phi) is 5.04. The summed E-state index contributed by atoms with van der Waals surface area (Å²) in [6, 6.07) is 0.937. The van der Waals surface area contributed by atoms with Gasteiger partial charge >= 0.3 is 5.97 Å². The lowest BCUT2D eigenvalue weighted by atomic mass is 9.61. The fourth-order valence-corrected chi connectivity index (χ4v) is 5.56. The summed E-state index contributed by atoms with van der Waals surface area (Å²) < 4.78 is 28.9. The standard InChI is InChI=1S/C21H21F2N5O2S/c1-31-20-15(23)19(26-16-10-4-2-9(3-5-10)14(16)21(29)30)27-18(28-20)13-8-25-17-12(13)6-11(22)7-24-17/h6-10,14,16H,2-5H2,1H3,(H,24,25)(H,29,30)(H,26,27,28). The lowest BCUT2D eigenvalue weighted by Gasteiger charge is -2.47. The van der Waals surface area contributed by atoms with E-state index in [2.05, 4.69) is 25.3 Å². The Bertz CT molecular complexity index is 1160. The number of anilines is 1. The van der Waals surface area contributed by atoms with Gasteiger partial charge in [0.2, 0.25) is 0 Å². The molecule has 7 nitrogen and oxygen atoms in total. The van der Waals surface area contributed by atoms with E-state index in [1.807, 2.05) is 0 Å². The normalized spacial score (nSPS) is 25.1. The highest BCUT2D eigenvalue weighted by Gasteiger charge is 2.47. The predicted octanol–water partition coefficient (Wildman–Crippen LogP) is 4.32. The number of hydrogen-bond donors (Lipinski definition) is 3. The SMILES string of the molecule is CSc1nc(-c2c[nH]c3ncc(F)cc23)nc(NC2C3CCC(CC3)C2C(=O)O)c1F. The summed E-state index contributed by atoms with van der Waals surface area (Å²) in [6.45, 7) is 0. The quantitative estimate of drug-likeness (QED) is 0.397. The van der Waals surface area contributed by atoms with E-state index in [1.54, 1.807) is 12.5 Å². The molecule has 3 aliphatic carbocycles. The van der Waals surface area contributed by atoms with Crippen LogP contribution in [0.25, 0.3) is 22.4 Å². The molecule has 0 aromatic carbocycles. The molecule has 3 N–H and O–H groups in total. The number of H-pyrrole nitrogens is 1. The summed E-state index contributed by atoms with van der Waals surface area (Å²) in [4.78, 5) is 27.7. The van der Waals surface area contributed by atoms with E-state index in [0.717, 1.165) is 43.6 Å². The number of thioether (sulfide) groups is 1. The second-order valence-electron chi connectivity index (χ2n) is 8.18. The minimum Gasteiger partial charge on any atom is -0.481 e. The van der Waals surface area contributed by atoms with Crippen molar-refractivity contribution in [1.29, 1.82) is 0 Å². The summed E-state index contributed by atoms with van der Waals surface area (Å²) in [5.41, 5.74) is 0.973. The van der Waals surface area contributed by atoms with Gasteiger partial charge in [-0.1, -0.05) is 0 Å². The van der Waals surface area contributed by atoms with Crippen LogP contribution in [0.3, 0.4) is 0 Å². The molecule has 0 aliphatic heterocycles. The Balaban J connectivity index is 1.58. The summed E-state index contributed by atoms with van der Waals surface area (Å²) in [5, 5.41) is 13.6. The maximum absolute atomic E-state index is 15.2. The number of carboxylic acid groups (broad SMARTS) is 1. The van der Waals surface area contributed by atoms with E-state index in [4.69, 9.17) is 0 Å². The van der Waals surface area contributed by atoms with E-state index < -0.39 is 23.5 Å². The Labute approximate surface area is 181 Å². The summed E-state index contributed by atoms with van der Waals surface area (Å²) in [6.07, 6.45) is 8.06. The van der Waals surface area contributed by atoms with Crippen LogP contribution in [-0.2, 0) is 4.79 Å². The van der Waals surface area contributed by atoms with Crippen molar-refractivity contribution in [2.75, 3.05) is 11.6 Å². The molecule has 31 heavy (non-hydrogen) atoms. The smallest absolute Gasteiger partial charge is 0.308 e. The highest BCUT2D eigenvalue weighted by Crippen LogP contribution is 2.46. The average molecular weight is 445 g/mol. The third-order valence-corrected chi connectivity index (χ3v) is 7.22. The molecule has 6 rings (SSSR count). The number of aromatic amines is 1. The molecular formula is C21H21F2N5O2S. The molecule has 3 aliphatic rings. The number of nitrogens with one attached hydrogen (secondary N) is 2. The van der Waals surface area contributed by atoms with Gasteiger partial charge in [0.15, 0.2) is 17.5 Å². The van der Waals surface area contributed by atoms with Crippen molar-refractivity contribution < 1.29 is 18.7 Å². The molecule has 0 saturated heterocycles. The molecule has 3 aromatic rings. The Hall–Kier alpha value is -2.75. The highest BCUT2D eigenvalue weighted by atomic mass is 32.2. The van der Waals surface area contributed by atoms with Gasteiger partial charge in [-0.05, 0) is 49.8 Å². The first-order valence-corrected chi connectivity index (χ1v) is 11.4.